The van der Waals surface area contributed by atoms with Crippen molar-refractivity contribution in [1.82, 2.24) is 14.5 Å². The zero-order valence-electron chi connectivity index (χ0n) is 40.6. The van der Waals surface area contributed by atoms with Crippen molar-refractivity contribution in [2.75, 3.05) is 0 Å². The average molecular weight is 948 g/mol. The molecular weight excluding hydrogens is 899 g/mol. The van der Waals surface area contributed by atoms with Crippen LogP contribution in [0.2, 0.25) is 0 Å². The molecule has 0 saturated heterocycles. The molecule has 0 spiro atoms. The fraction of sp³-hybridized carbons (Fsp3) is 0.0435. The minimum atomic E-state index is -0.358. The van der Waals surface area contributed by atoms with E-state index >= 15 is 0 Å². The van der Waals surface area contributed by atoms with E-state index in [-0.39, 0.29) is 6.17 Å². The van der Waals surface area contributed by atoms with Crippen LogP contribution in [0.4, 0.5) is 0 Å². The molecule has 14 rings (SSSR count). The second-order valence-electron chi connectivity index (χ2n) is 19.3. The molecule has 1 unspecified atom stereocenters. The minimum absolute atomic E-state index is 0.358. The number of benzene rings is 10. The smallest absolute Gasteiger partial charge is 0.159 e. The highest BCUT2D eigenvalue weighted by atomic mass is 15.2. The molecule has 1 aliphatic carbocycles. The van der Waals surface area contributed by atoms with Crippen molar-refractivity contribution < 1.29 is 0 Å². The quantitative estimate of drug-likeness (QED) is 0.154. The number of hydrogen-bond acceptors (Lipinski definition) is 3. The van der Waals surface area contributed by atoms with Crippen LogP contribution in [0.5, 0.6) is 0 Å². The van der Waals surface area contributed by atoms with Gasteiger partial charge in [-0.1, -0.05) is 218 Å². The van der Waals surface area contributed by atoms with E-state index in [4.69, 9.17) is 9.98 Å². The first-order valence-corrected chi connectivity index (χ1v) is 25.6. The number of hydrogen-bond donors (Lipinski definition) is 1. The molecule has 10 aromatic carbocycles. The predicted octanol–water partition coefficient (Wildman–Crippen LogP) is 17.2. The highest BCUT2D eigenvalue weighted by Crippen LogP contribution is 2.46. The van der Waals surface area contributed by atoms with Crippen LogP contribution >= 0.6 is 0 Å². The number of nitrogens with zero attached hydrogens (tertiary/aromatic N) is 4. The van der Waals surface area contributed by atoms with Crippen LogP contribution in [0.15, 0.2) is 271 Å². The van der Waals surface area contributed by atoms with Crippen molar-refractivity contribution in [3.05, 3.63) is 278 Å². The molecule has 2 aromatic heterocycles. The van der Waals surface area contributed by atoms with Crippen molar-refractivity contribution in [3.8, 4) is 50.2 Å². The summed E-state index contributed by atoms with van der Waals surface area (Å²) in [4.78, 5) is 10.7. The molecule has 5 heteroatoms. The summed E-state index contributed by atoms with van der Waals surface area (Å²) < 4.78 is 5.05. The first kappa shape index (κ1) is 43.2. The van der Waals surface area contributed by atoms with Crippen LogP contribution in [0.1, 0.15) is 35.7 Å². The van der Waals surface area contributed by atoms with E-state index < -0.39 is 0 Å². The van der Waals surface area contributed by atoms with E-state index in [9.17, 15) is 0 Å². The third kappa shape index (κ3) is 7.57. The van der Waals surface area contributed by atoms with Crippen molar-refractivity contribution >= 4 is 61.0 Å². The molecular formula is C69H49N5. The second kappa shape index (κ2) is 18.2. The summed E-state index contributed by atoms with van der Waals surface area (Å²) in [5.41, 5.74) is 19.2. The number of aliphatic imine (C=N–C) groups is 2. The molecule has 5 nitrogen and oxygen atoms in total. The Kier molecular flexibility index (Phi) is 10.7. The molecule has 0 radical (unpaired) electrons. The molecule has 12 aromatic rings. The van der Waals surface area contributed by atoms with Gasteiger partial charge in [-0.2, -0.15) is 0 Å². The molecule has 2 aliphatic rings. The van der Waals surface area contributed by atoms with Gasteiger partial charge in [0.25, 0.3) is 0 Å². The van der Waals surface area contributed by atoms with Gasteiger partial charge in [0.15, 0.2) is 5.84 Å². The first-order chi connectivity index (χ1) is 36.7. The fourth-order valence-electron chi connectivity index (χ4n) is 11.3. The Morgan fingerprint density at radius 2 is 0.851 bits per heavy atom. The van der Waals surface area contributed by atoms with E-state index in [2.05, 4.69) is 269 Å². The lowest BCUT2D eigenvalue weighted by molar-refractivity contribution is 0.674. The molecule has 1 N–H and O–H groups in total. The number of fused-ring (bicyclic) bond motifs is 6. The summed E-state index contributed by atoms with van der Waals surface area (Å²) in [6.45, 7) is 0. The molecule has 0 bridgehead atoms. The van der Waals surface area contributed by atoms with Gasteiger partial charge in [-0.15, -0.1) is 0 Å². The van der Waals surface area contributed by atoms with Crippen molar-refractivity contribution in [2.45, 2.75) is 19.0 Å². The Morgan fingerprint density at radius 1 is 0.392 bits per heavy atom. The van der Waals surface area contributed by atoms with E-state index in [1.54, 1.807) is 0 Å². The molecule has 3 heterocycles. The predicted molar refractivity (Wildman–Crippen MR) is 310 cm³/mol. The summed E-state index contributed by atoms with van der Waals surface area (Å²) in [5, 5.41) is 8.70. The number of aromatic nitrogens is 2. The van der Waals surface area contributed by atoms with Crippen molar-refractivity contribution in [1.29, 1.82) is 0 Å². The van der Waals surface area contributed by atoms with E-state index in [1.165, 1.54) is 49.4 Å². The standard InChI is InChI=1S/C69H49N5/c1-6-20-46(21-7-1)48-34-38-50(39-35-48)58-42-54(69-71-67(52-24-10-3-11-25-52)70-68(72-69)53-26-12-4-13-27-53)43-59(51-40-36-49(37-41-51)47-22-8-2-9-23-47)66(58)74-63-33-19-17-31-57(63)61-44-64-60(45-65(61)74)56-30-16-18-32-62(56)73(64)55-28-14-5-15-29-55/h1-14,16-28,30-45,67H,15,29H2,(H,70,71,72). The lowest BCUT2D eigenvalue weighted by Gasteiger charge is -2.26. The molecule has 1 aliphatic heterocycles. The normalized spacial score (nSPS) is 14.5. The third-order valence-corrected chi connectivity index (χ3v) is 14.8. The Hall–Kier alpha value is -9.58. The number of allylic oxidation sites excluding steroid dienone is 4. The Morgan fingerprint density at radius 3 is 1.39 bits per heavy atom. The van der Waals surface area contributed by atoms with Gasteiger partial charge < -0.3 is 14.5 Å². The summed E-state index contributed by atoms with van der Waals surface area (Å²) in [7, 11) is 0. The van der Waals surface area contributed by atoms with Gasteiger partial charge in [-0.05, 0) is 94.3 Å². The first-order valence-electron chi connectivity index (χ1n) is 25.6. The highest BCUT2D eigenvalue weighted by Gasteiger charge is 2.27. The second-order valence-corrected chi connectivity index (χ2v) is 19.3. The number of para-hydroxylation sites is 2. The van der Waals surface area contributed by atoms with Crippen molar-refractivity contribution in [3.63, 3.8) is 0 Å². The molecule has 350 valence electrons. The maximum absolute atomic E-state index is 5.41. The number of nitrogens with one attached hydrogen (secondary N) is 1. The summed E-state index contributed by atoms with van der Waals surface area (Å²) >= 11 is 0. The fourth-order valence-corrected chi connectivity index (χ4v) is 11.3. The Bertz CT molecular complexity index is 4110. The molecule has 74 heavy (non-hydrogen) atoms. The molecule has 1 atom stereocenters. The number of rotatable bonds is 9. The van der Waals surface area contributed by atoms with Crippen molar-refractivity contribution in [2.24, 2.45) is 9.98 Å². The summed E-state index contributed by atoms with van der Waals surface area (Å²) in [6.07, 6.45) is 8.42. The minimum Gasteiger partial charge on any atom is -0.344 e. The molecule has 0 amide bonds. The van der Waals surface area contributed by atoms with E-state index in [0.717, 1.165) is 85.5 Å². The van der Waals surface area contributed by atoms with Gasteiger partial charge in [0.1, 0.15) is 12.0 Å². The molecule has 0 fully saturated rings. The van der Waals surface area contributed by atoms with Crippen LogP contribution < -0.4 is 5.32 Å². The van der Waals surface area contributed by atoms with Gasteiger partial charge in [-0.25, -0.2) is 9.98 Å². The van der Waals surface area contributed by atoms with Gasteiger partial charge in [0, 0.05) is 49.5 Å². The lowest BCUT2D eigenvalue weighted by Crippen LogP contribution is -2.33. The zero-order valence-corrected chi connectivity index (χ0v) is 40.6. The highest BCUT2D eigenvalue weighted by molar-refractivity contribution is 6.20. The Labute approximate surface area is 430 Å². The SMILES string of the molecule is C1=CCCC(n2c3ccccc3c3cc4c(cc32)c2ccccc2n4-c2c(-c3ccc(-c4ccccc4)cc3)cc(C3=NC(c4ccccc4)=NC(c4ccccc4)N3)cc2-c2ccc(-c3ccccc3)cc2)=C1. The van der Waals surface area contributed by atoms with E-state index in [0.29, 0.717) is 5.84 Å². The van der Waals surface area contributed by atoms with Gasteiger partial charge >= 0.3 is 0 Å². The monoisotopic (exact) mass is 947 g/mol. The molecule has 0 saturated carbocycles. The average Bonchev–Trinajstić information content (AvgIpc) is 3.99. The van der Waals surface area contributed by atoms with Gasteiger partial charge in [-0.3, -0.25) is 0 Å². The maximum Gasteiger partial charge on any atom is 0.159 e. The van der Waals surface area contributed by atoms with Gasteiger partial charge in [0.05, 0.1) is 27.8 Å². The topological polar surface area (TPSA) is 46.6 Å². The van der Waals surface area contributed by atoms with E-state index in [1.807, 2.05) is 6.07 Å². The number of amidine groups is 2. The van der Waals surface area contributed by atoms with Crippen LogP contribution in [0, 0.1) is 0 Å². The summed E-state index contributed by atoms with van der Waals surface area (Å²) in [6, 6.07) is 87.7. The van der Waals surface area contributed by atoms with Crippen LogP contribution in [-0.2, 0) is 0 Å². The van der Waals surface area contributed by atoms with Gasteiger partial charge in [0.2, 0.25) is 0 Å². The van der Waals surface area contributed by atoms with Crippen LogP contribution in [-0.4, -0.2) is 20.8 Å². The Balaban J connectivity index is 1.08. The lowest BCUT2D eigenvalue weighted by atomic mass is 9.90. The van der Waals surface area contributed by atoms with Crippen LogP contribution in [0.25, 0.3) is 99.5 Å². The summed E-state index contributed by atoms with van der Waals surface area (Å²) in [5.74, 6) is 1.44. The zero-order chi connectivity index (χ0) is 49.0. The largest absolute Gasteiger partial charge is 0.344 e. The van der Waals surface area contributed by atoms with Crippen LogP contribution in [0.3, 0.4) is 0 Å². The third-order valence-electron chi connectivity index (χ3n) is 14.8. The maximum atomic E-state index is 5.41.